The van der Waals surface area contributed by atoms with Crippen molar-refractivity contribution in [1.29, 1.82) is 0 Å². The highest BCUT2D eigenvalue weighted by Crippen LogP contribution is 2.13. The Morgan fingerprint density at radius 1 is 0.708 bits per heavy atom. The van der Waals surface area contributed by atoms with E-state index in [1.807, 2.05) is 34.6 Å². The fourth-order valence-corrected chi connectivity index (χ4v) is 8.67. The van der Waals surface area contributed by atoms with Crippen LogP contribution in [0, 0.1) is 11.8 Å². The van der Waals surface area contributed by atoms with E-state index in [0.717, 1.165) is 23.5 Å². The van der Waals surface area contributed by atoms with Gasteiger partial charge >= 0.3 is 0 Å². The van der Waals surface area contributed by atoms with Crippen LogP contribution in [0.25, 0.3) is 0 Å². The molecule has 368 valence electrons. The average molecular weight is 956 g/mol. The number of carbonyl (C=O) groups is 10. The van der Waals surface area contributed by atoms with Gasteiger partial charge in [-0.15, -0.1) is 23.5 Å². The van der Waals surface area contributed by atoms with E-state index in [0.29, 0.717) is 38.6 Å². The molecular formula is C42H73N11O10S2. The molecule has 0 unspecified atom stereocenters. The van der Waals surface area contributed by atoms with Crippen LogP contribution in [0.4, 0.5) is 0 Å². The number of rotatable bonds is 15. The molecule has 23 heteroatoms. The van der Waals surface area contributed by atoms with E-state index in [9.17, 15) is 47.9 Å². The first-order chi connectivity index (χ1) is 30.7. The average Bonchev–Trinajstić information content (AvgIpc) is 3.22. The fraction of sp³-hybridized carbons (Fsp3) is 0.762. The van der Waals surface area contributed by atoms with Crippen molar-refractivity contribution in [3.05, 3.63) is 0 Å². The minimum Gasteiger partial charge on any atom is -0.368 e. The normalized spacial score (nSPS) is 25.0. The van der Waals surface area contributed by atoms with E-state index in [1.165, 1.54) is 6.92 Å². The van der Waals surface area contributed by atoms with Crippen LogP contribution < -0.4 is 59.3 Å². The summed E-state index contributed by atoms with van der Waals surface area (Å²) in [5, 5.41) is 24.2. The van der Waals surface area contributed by atoms with Gasteiger partial charge in [-0.3, -0.25) is 47.9 Å². The molecule has 13 N–H and O–H groups in total. The highest BCUT2D eigenvalue weighted by molar-refractivity contribution is 8.00. The molecule has 2 saturated heterocycles. The zero-order valence-electron chi connectivity index (χ0n) is 38.6. The van der Waals surface area contributed by atoms with E-state index in [-0.39, 0.29) is 79.4 Å². The lowest BCUT2D eigenvalue weighted by molar-refractivity contribution is -0.135. The first-order valence-corrected chi connectivity index (χ1v) is 24.9. The molecule has 2 fully saturated rings. The number of nitrogens with two attached hydrogens (primary N) is 2. The molecule has 8 atom stereocenters. The van der Waals surface area contributed by atoms with Crippen molar-refractivity contribution >= 4 is 82.6 Å². The lowest BCUT2D eigenvalue weighted by atomic mass is 10.0. The highest BCUT2D eigenvalue weighted by Gasteiger charge is 2.35. The van der Waals surface area contributed by atoms with Crippen LogP contribution in [0.1, 0.15) is 106 Å². The predicted molar refractivity (Wildman–Crippen MR) is 249 cm³/mol. The number of thioether (sulfide) groups is 2. The van der Waals surface area contributed by atoms with Crippen molar-refractivity contribution in [2.24, 2.45) is 23.3 Å². The van der Waals surface area contributed by atoms with Crippen molar-refractivity contribution in [2.45, 2.75) is 154 Å². The maximum atomic E-state index is 14.2. The molecule has 2 aliphatic heterocycles. The number of nitrogens with one attached hydrogen (secondary N) is 9. The summed E-state index contributed by atoms with van der Waals surface area (Å²) in [4.78, 5) is 135. The Bertz CT molecular complexity index is 1660. The van der Waals surface area contributed by atoms with Crippen LogP contribution in [0.3, 0.4) is 0 Å². The first kappa shape index (κ1) is 56.5. The standard InChI is InChI=1S/C42H73N11O10S2/c1-7-12-27-37(58)52-31-19-64-21-33(54)45-16-11-9-14-28(38(59)49-27)47-34(55)22-65-20-32(53-40(61)29(17-23(2)3)50-36(57)25(6)46-41(31)62)42(63)51-30(18-24(4)5)39(60)48-26(35(44)56)13-8-10-15-43/h23-32H,7-22,43H2,1-6H3,(H2,44,56)(H,45,54)(H,46,62)(H,47,55)(H,48,60)(H,49,59)(H,50,57)(H,51,63)(H,52,58)(H,53,61)/t25-,26-,27-,28-,29-,30-,31-,32-/m0/s1. The predicted octanol–water partition coefficient (Wildman–Crippen LogP) is -1.83. The smallest absolute Gasteiger partial charge is 0.244 e. The van der Waals surface area contributed by atoms with Gasteiger partial charge < -0.3 is 59.3 Å². The Morgan fingerprint density at radius 3 is 2.00 bits per heavy atom. The van der Waals surface area contributed by atoms with Crippen molar-refractivity contribution in [1.82, 2.24) is 47.9 Å². The summed E-state index contributed by atoms with van der Waals surface area (Å²) in [6.07, 6.45) is 3.31. The molecule has 0 saturated carbocycles. The Labute approximate surface area is 390 Å². The second kappa shape index (κ2) is 29.8. The maximum absolute atomic E-state index is 14.2. The van der Waals surface area contributed by atoms with Gasteiger partial charge in [-0.2, -0.15) is 0 Å². The van der Waals surface area contributed by atoms with E-state index < -0.39 is 101 Å². The molecule has 2 bridgehead atoms. The second-order valence-electron chi connectivity index (χ2n) is 17.3. The highest BCUT2D eigenvalue weighted by atomic mass is 32.2. The van der Waals surface area contributed by atoms with Gasteiger partial charge in [0.25, 0.3) is 0 Å². The molecule has 2 rings (SSSR count). The molecule has 21 nitrogen and oxygen atoms in total. The molecular weight excluding hydrogens is 883 g/mol. The number of carbonyl (C=O) groups excluding carboxylic acids is 10. The van der Waals surface area contributed by atoms with Gasteiger partial charge in [0.1, 0.15) is 48.3 Å². The van der Waals surface area contributed by atoms with Gasteiger partial charge in [-0.05, 0) is 83.1 Å². The van der Waals surface area contributed by atoms with Crippen LogP contribution in [0.2, 0.25) is 0 Å². The van der Waals surface area contributed by atoms with Crippen LogP contribution in [0.5, 0.6) is 0 Å². The zero-order chi connectivity index (χ0) is 48.6. The van der Waals surface area contributed by atoms with Gasteiger partial charge in [0.15, 0.2) is 0 Å². The van der Waals surface area contributed by atoms with Gasteiger partial charge in [0, 0.05) is 18.1 Å². The summed E-state index contributed by atoms with van der Waals surface area (Å²) in [6.45, 7) is 11.2. The van der Waals surface area contributed by atoms with E-state index in [4.69, 9.17) is 11.5 Å². The minimum absolute atomic E-state index is 0.0247. The number of primary amides is 1. The Kier molecular flexibility index (Phi) is 25.9. The number of unbranched alkanes of at least 4 members (excludes halogenated alkanes) is 1. The third-order valence-electron chi connectivity index (χ3n) is 10.4. The molecule has 0 aliphatic carbocycles. The Balaban J connectivity index is 2.60. The third-order valence-corrected chi connectivity index (χ3v) is 12.5. The largest absolute Gasteiger partial charge is 0.368 e. The lowest BCUT2D eigenvalue weighted by Gasteiger charge is -2.28. The monoisotopic (exact) mass is 955 g/mol. The lowest BCUT2D eigenvalue weighted by Crippen LogP contribution is -2.60. The summed E-state index contributed by atoms with van der Waals surface area (Å²) in [7, 11) is 0. The number of hydrogen-bond donors (Lipinski definition) is 11. The van der Waals surface area contributed by atoms with Crippen LogP contribution >= 0.6 is 23.5 Å². The third kappa shape index (κ3) is 21.5. The summed E-state index contributed by atoms with van der Waals surface area (Å²) >= 11 is 2.05. The fourth-order valence-electron chi connectivity index (χ4n) is 6.94. The van der Waals surface area contributed by atoms with Crippen LogP contribution in [0.15, 0.2) is 0 Å². The van der Waals surface area contributed by atoms with E-state index >= 15 is 0 Å². The van der Waals surface area contributed by atoms with Crippen molar-refractivity contribution in [3.63, 3.8) is 0 Å². The molecule has 2 heterocycles. The second-order valence-corrected chi connectivity index (χ2v) is 19.4. The first-order valence-electron chi connectivity index (χ1n) is 22.6. The van der Waals surface area contributed by atoms with Crippen molar-refractivity contribution in [2.75, 3.05) is 36.1 Å². The number of amides is 10. The van der Waals surface area contributed by atoms with Gasteiger partial charge in [-0.1, -0.05) is 41.0 Å². The summed E-state index contributed by atoms with van der Waals surface area (Å²) < 4.78 is 0. The summed E-state index contributed by atoms with van der Waals surface area (Å²) in [5.41, 5.74) is 11.2. The summed E-state index contributed by atoms with van der Waals surface area (Å²) in [6, 6.07) is -9.47. The van der Waals surface area contributed by atoms with Crippen molar-refractivity contribution in [3.8, 4) is 0 Å². The van der Waals surface area contributed by atoms with E-state index in [2.05, 4.69) is 47.9 Å². The minimum atomic E-state index is -1.37. The molecule has 10 amide bonds. The Hall–Kier alpha value is -4.64. The molecule has 0 radical (unpaired) electrons. The molecule has 0 aromatic heterocycles. The quantitative estimate of drug-likeness (QED) is 0.0807. The van der Waals surface area contributed by atoms with Crippen LogP contribution in [-0.4, -0.2) is 144 Å². The Morgan fingerprint density at radius 2 is 1.35 bits per heavy atom. The molecule has 0 aromatic rings. The molecule has 0 aromatic carbocycles. The van der Waals surface area contributed by atoms with E-state index in [1.54, 1.807) is 0 Å². The molecule has 2 aliphatic rings. The number of hydrogen-bond acceptors (Lipinski definition) is 13. The molecule has 65 heavy (non-hydrogen) atoms. The topological polar surface area (TPSA) is 331 Å². The SMILES string of the molecule is CCC[C@@H]1NC(=O)[C@@H]2CCCCNC(=O)CSC[C@H](NC1=O)C(=O)N[C@@H](C)C(=O)N[C@@H](CC(C)C)C(=O)N[C@H](C(=O)N[C@@H](CC(C)C)C(=O)N[C@@H](CCCCN)C(N)=O)CSCC(=O)N2. The van der Waals surface area contributed by atoms with Crippen molar-refractivity contribution < 1.29 is 47.9 Å². The summed E-state index contributed by atoms with van der Waals surface area (Å²) in [5.74, 6) is -7.55. The zero-order valence-corrected chi connectivity index (χ0v) is 40.3. The van der Waals surface area contributed by atoms with Gasteiger partial charge in [0.2, 0.25) is 59.1 Å². The molecule has 0 spiro atoms. The van der Waals surface area contributed by atoms with Gasteiger partial charge in [0.05, 0.1) is 11.5 Å². The van der Waals surface area contributed by atoms with Gasteiger partial charge in [-0.25, -0.2) is 0 Å². The number of fused-ring (bicyclic) bond motifs is 6. The van der Waals surface area contributed by atoms with Crippen LogP contribution in [-0.2, 0) is 47.9 Å². The maximum Gasteiger partial charge on any atom is 0.244 e.